The Morgan fingerprint density at radius 2 is 2.33 bits per heavy atom. The predicted octanol–water partition coefficient (Wildman–Crippen LogP) is 0.783. The molecule has 36 valence electrons. The van der Waals surface area contributed by atoms with Crippen LogP contribution in [-0.4, -0.2) is 9.68 Å². The SMILES string of the molecule is CCCC[Si]N. The molecule has 0 aliphatic carbocycles. The summed E-state index contributed by atoms with van der Waals surface area (Å²) in [6.07, 6.45) is 2.58. The Bertz CT molecular complexity index is 19.5. The quantitative estimate of drug-likeness (QED) is 0.412. The second-order valence-electron chi connectivity index (χ2n) is 1.31. The average Bonchev–Trinajstić information content (AvgIpc) is 1.61. The maximum absolute atomic E-state index is 5.24. The second kappa shape index (κ2) is 5.18. The summed E-state index contributed by atoms with van der Waals surface area (Å²) in [7, 11) is 0.665. The lowest BCUT2D eigenvalue weighted by Crippen LogP contribution is -2.01. The normalized spacial score (nSPS) is 9.00. The van der Waals surface area contributed by atoms with Crippen molar-refractivity contribution in [3.05, 3.63) is 0 Å². The summed E-state index contributed by atoms with van der Waals surface area (Å²) in [5.74, 6) is 0. The first kappa shape index (κ1) is 6.18. The zero-order chi connectivity index (χ0) is 4.83. The first-order valence-corrected chi connectivity index (χ1v) is 3.63. The van der Waals surface area contributed by atoms with E-state index in [0.29, 0.717) is 9.68 Å². The highest BCUT2D eigenvalue weighted by molar-refractivity contribution is 6.30. The van der Waals surface area contributed by atoms with E-state index in [4.69, 9.17) is 5.40 Å². The van der Waals surface area contributed by atoms with E-state index in [-0.39, 0.29) is 0 Å². The van der Waals surface area contributed by atoms with Crippen molar-refractivity contribution in [2.75, 3.05) is 0 Å². The zero-order valence-electron chi connectivity index (χ0n) is 4.20. The van der Waals surface area contributed by atoms with Gasteiger partial charge in [0.2, 0.25) is 0 Å². The molecule has 0 aromatic rings. The van der Waals surface area contributed by atoms with Crippen LogP contribution in [0.3, 0.4) is 0 Å². The van der Waals surface area contributed by atoms with E-state index < -0.39 is 0 Å². The largest absolute Gasteiger partial charge is 0.353 e. The van der Waals surface area contributed by atoms with Gasteiger partial charge in [-0.05, 0) is 6.04 Å². The molecule has 0 bridgehead atoms. The lowest BCUT2D eigenvalue weighted by molar-refractivity contribution is 0.878. The van der Waals surface area contributed by atoms with E-state index in [1.165, 1.54) is 18.9 Å². The molecule has 0 fully saturated rings. The molecule has 0 aromatic carbocycles. The third kappa shape index (κ3) is 4.18. The first-order valence-electron chi connectivity index (χ1n) is 2.35. The van der Waals surface area contributed by atoms with Gasteiger partial charge in [0.15, 0.2) is 0 Å². The van der Waals surface area contributed by atoms with Crippen LogP contribution in [0.1, 0.15) is 19.8 Å². The molecule has 0 amide bonds. The summed E-state index contributed by atoms with van der Waals surface area (Å²) in [6, 6.07) is 1.22. The molecule has 0 rings (SSSR count). The molecule has 6 heavy (non-hydrogen) atoms. The van der Waals surface area contributed by atoms with Crippen LogP contribution in [0.15, 0.2) is 0 Å². The number of hydrogen-bond acceptors (Lipinski definition) is 1. The number of nitrogens with two attached hydrogens (primary N) is 1. The number of unbranched alkanes of at least 4 members (excludes halogenated alkanes) is 1. The van der Waals surface area contributed by atoms with Crippen molar-refractivity contribution in [1.82, 2.24) is 0 Å². The molecule has 0 unspecified atom stereocenters. The molecule has 2 heteroatoms. The van der Waals surface area contributed by atoms with Crippen LogP contribution >= 0.6 is 0 Å². The van der Waals surface area contributed by atoms with E-state index in [9.17, 15) is 0 Å². The van der Waals surface area contributed by atoms with E-state index in [0.717, 1.165) is 0 Å². The van der Waals surface area contributed by atoms with Crippen LogP contribution in [0.2, 0.25) is 6.04 Å². The third-order valence-corrected chi connectivity index (χ3v) is 1.32. The van der Waals surface area contributed by atoms with Gasteiger partial charge in [0, 0.05) is 0 Å². The van der Waals surface area contributed by atoms with Gasteiger partial charge in [-0.2, -0.15) is 0 Å². The van der Waals surface area contributed by atoms with Crippen molar-refractivity contribution in [1.29, 1.82) is 0 Å². The third-order valence-electron chi connectivity index (χ3n) is 0.675. The van der Waals surface area contributed by atoms with Crippen molar-refractivity contribution in [3.63, 3.8) is 0 Å². The van der Waals surface area contributed by atoms with Gasteiger partial charge in [0.1, 0.15) is 9.68 Å². The van der Waals surface area contributed by atoms with Gasteiger partial charge in [0.05, 0.1) is 0 Å². The molecule has 0 atom stereocenters. The van der Waals surface area contributed by atoms with Crippen molar-refractivity contribution in [3.8, 4) is 0 Å². The zero-order valence-corrected chi connectivity index (χ0v) is 5.20. The molecule has 0 heterocycles. The van der Waals surface area contributed by atoms with Crippen LogP contribution in [0.4, 0.5) is 0 Å². The van der Waals surface area contributed by atoms with E-state index in [2.05, 4.69) is 6.92 Å². The maximum atomic E-state index is 5.24. The summed E-state index contributed by atoms with van der Waals surface area (Å²) in [5, 5.41) is 5.24. The van der Waals surface area contributed by atoms with Gasteiger partial charge in [-0.15, -0.1) is 0 Å². The maximum Gasteiger partial charge on any atom is 0.135 e. The van der Waals surface area contributed by atoms with E-state index >= 15 is 0 Å². The first-order chi connectivity index (χ1) is 2.91. The Morgan fingerprint density at radius 3 is 2.50 bits per heavy atom. The molecule has 0 saturated carbocycles. The van der Waals surface area contributed by atoms with E-state index in [1.54, 1.807) is 0 Å². The minimum atomic E-state index is 0.665. The second-order valence-corrected chi connectivity index (χ2v) is 2.22. The molecular formula is C4H11NSi. The standard InChI is InChI=1S/C4H11NSi/c1-2-3-4-6-5/h2-5H2,1H3. The van der Waals surface area contributed by atoms with Crippen LogP contribution in [0.5, 0.6) is 0 Å². The lowest BCUT2D eigenvalue weighted by Gasteiger charge is -1.84. The fourth-order valence-electron chi connectivity index (χ4n) is 0.279. The Kier molecular flexibility index (Phi) is 5.33. The minimum absolute atomic E-state index is 0.665. The molecule has 2 N–H and O–H groups in total. The van der Waals surface area contributed by atoms with Crippen molar-refractivity contribution in [2.45, 2.75) is 25.8 Å². The summed E-state index contributed by atoms with van der Waals surface area (Å²) in [6.45, 7) is 2.18. The molecule has 0 aliphatic heterocycles. The molecular weight excluding hydrogens is 90.1 g/mol. The molecule has 0 saturated heterocycles. The molecule has 0 spiro atoms. The fraction of sp³-hybridized carbons (Fsp3) is 1.00. The van der Waals surface area contributed by atoms with Gasteiger partial charge < -0.3 is 5.40 Å². The minimum Gasteiger partial charge on any atom is -0.353 e. The van der Waals surface area contributed by atoms with Crippen molar-refractivity contribution < 1.29 is 0 Å². The highest BCUT2D eigenvalue weighted by Gasteiger charge is 1.77. The predicted molar refractivity (Wildman–Crippen MR) is 29.7 cm³/mol. The molecule has 0 aromatic heterocycles. The Morgan fingerprint density at radius 1 is 1.67 bits per heavy atom. The summed E-state index contributed by atoms with van der Waals surface area (Å²) in [4.78, 5) is 0. The van der Waals surface area contributed by atoms with E-state index in [1.807, 2.05) is 0 Å². The van der Waals surface area contributed by atoms with Crippen molar-refractivity contribution in [2.24, 2.45) is 5.40 Å². The Hall–Kier alpha value is 0.177. The molecule has 2 radical (unpaired) electrons. The molecule has 1 nitrogen and oxygen atoms in total. The summed E-state index contributed by atoms with van der Waals surface area (Å²) in [5.41, 5.74) is 0. The van der Waals surface area contributed by atoms with Crippen LogP contribution in [0, 0.1) is 0 Å². The van der Waals surface area contributed by atoms with Gasteiger partial charge in [-0.1, -0.05) is 19.8 Å². The highest BCUT2D eigenvalue weighted by atomic mass is 28.2. The average molecular weight is 101 g/mol. The fourth-order valence-corrected chi connectivity index (χ4v) is 0.837. The van der Waals surface area contributed by atoms with Gasteiger partial charge in [-0.3, -0.25) is 0 Å². The van der Waals surface area contributed by atoms with Gasteiger partial charge in [0.25, 0.3) is 0 Å². The number of hydrogen-bond donors (Lipinski definition) is 1. The Balaban J connectivity index is 2.34. The number of rotatable bonds is 3. The lowest BCUT2D eigenvalue weighted by atomic mass is 10.4. The smallest absolute Gasteiger partial charge is 0.135 e. The summed E-state index contributed by atoms with van der Waals surface area (Å²) < 4.78 is 0. The monoisotopic (exact) mass is 101 g/mol. The van der Waals surface area contributed by atoms with Crippen LogP contribution in [0.25, 0.3) is 0 Å². The summed E-state index contributed by atoms with van der Waals surface area (Å²) >= 11 is 0. The van der Waals surface area contributed by atoms with Crippen molar-refractivity contribution >= 4 is 9.68 Å². The Labute approximate surface area is 41.8 Å². The highest BCUT2D eigenvalue weighted by Crippen LogP contribution is 1.88. The van der Waals surface area contributed by atoms with Crippen LogP contribution in [-0.2, 0) is 0 Å². The van der Waals surface area contributed by atoms with Crippen LogP contribution < -0.4 is 5.40 Å². The van der Waals surface area contributed by atoms with Gasteiger partial charge >= 0.3 is 0 Å². The molecule has 0 aliphatic rings. The topological polar surface area (TPSA) is 26.0 Å². The van der Waals surface area contributed by atoms with Gasteiger partial charge in [-0.25, -0.2) is 0 Å².